The number of nitrogens with zero attached hydrogens (tertiary/aromatic N) is 4. The number of aromatic nitrogens is 1. The number of sulfonamides is 1. The van der Waals surface area contributed by atoms with E-state index in [1.165, 1.54) is 21.7 Å². The van der Waals surface area contributed by atoms with E-state index in [1.54, 1.807) is 11.0 Å². The zero-order valence-electron chi connectivity index (χ0n) is 19.9. The van der Waals surface area contributed by atoms with Gasteiger partial charge in [-0.05, 0) is 58.1 Å². The molecule has 190 valence electrons. The van der Waals surface area contributed by atoms with Crippen LogP contribution in [0.3, 0.4) is 0 Å². The smallest absolute Gasteiger partial charge is 0.252 e. The molecule has 12 heteroatoms. The van der Waals surface area contributed by atoms with Crippen molar-refractivity contribution in [3.05, 3.63) is 34.7 Å². The zero-order chi connectivity index (χ0) is 25.2. The van der Waals surface area contributed by atoms with Gasteiger partial charge in [-0.15, -0.1) is 11.3 Å². The second-order valence-electron chi connectivity index (χ2n) is 8.56. The van der Waals surface area contributed by atoms with Gasteiger partial charge in [-0.1, -0.05) is 29.0 Å². The molecule has 35 heavy (non-hydrogen) atoms. The number of likely N-dealkylation sites (N-methyl/N-ethyl adjacent to an activating group) is 1. The molecule has 3 heterocycles. The quantitative estimate of drug-likeness (QED) is 0.388. The summed E-state index contributed by atoms with van der Waals surface area (Å²) in [5.74, 6) is 0.425. The van der Waals surface area contributed by atoms with Gasteiger partial charge in [0, 0.05) is 32.1 Å². The van der Waals surface area contributed by atoms with Gasteiger partial charge >= 0.3 is 0 Å². The van der Waals surface area contributed by atoms with Crippen LogP contribution in [0.2, 0.25) is 4.34 Å². The maximum absolute atomic E-state index is 13.7. The Morgan fingerprint density at radius 3 is 2.54 bits per heavy atom. The fourth-order valence-electron chi connectivity index (χ4n) is 4.03. The molecule has 3 aromatic rings. The van der Waals surface area contributed by atoms with Crippen molar-refractivity contribution in [1.82, 2.24) is 14.2 Å². The molecule has 1 aliphatic rings. The number of hydrogen-bond donors (Lipinski definition) is 0. The number of anilines is 1. The Kier molecular flexibility index (Phi) is 8.34. The van der Waals surface area contributed by atoms with Crippen molar-refractivity contribution in [2.75, 3.05) is 51.8 Å². The van der Waals surface area contributed by atoms with Crippen LogP contribution in [0.1, 0.15) is 19.8 Å². The lowest BCUT2D eigenvalue weighted by Crippen LogP contribution is -2.45. The van der Waals surface area contributed by atoms with Gasteiger partial charge in [0.05, 0.1) is 15.6 Å². The predicted molar refractivity (Wildman–Crippen MR) is 143 cm³/mol. The number of hydrogen-bond acceptors (Lipinski definition) is 8. The molecule has 0 saturated carbocycles. The van der Waals surface area contributed by atoms with Crippen LogP contribution in [-0.2, 0) is 14.8 Å². The van der Waals surface area contributed by atoms with Gasteiger partial charge in [0.1, 0.15) is 15.5 Å². The van der Waals surface area contributed by atoms with E-state index in [0.717, 1.165) is 21.6 Å². The highest BCUT2D eigenvalue weighted by Crippen LogP contribution is 2.36. The largest absolute Gasteiger partial charge is 0.492 e. The van der Waals surface area contributed by atoms with Crippen LogP contribution in [0.15, 0.2) is 34.5 Å². The Morgan fingerprint density at radius 1 is 1.17 bits per heavy atom. The number of thiazole rings is 1. The van der Waals surface area contributed by atoms with E-state index in [-0.39, 0.29) is 16.0 Å². The van der Waals surface area contributed by atoms with Crippen LogP contribution in [0.25, 0.3) is 10.2 Å². The van der Waals surface area contributed by atoms with Gasteiger partial charge in [0.2, 0.25) is 5.91 Å². The molecular weight excluding hydrogens is 528 g/mol. The van der Waals surface area contributed by atoms with Crippen molar-refractivity contribution < 1.29 is 17.9 Å². The molecule has 8 nitrogen and oxygen atoms in total. The molecule has 4 rings (SSSR count). The Balaban J connectivity index is 1.53. The second kappa shape index (κ2) is 11.1. The molecular formula is C23H29ClN4O4S3. The summed E-state index contributed by atoms with van der Waals surface area (Å²) in [5.41, 5.74) is 0.757. The summed E-state index contributed by atoms with van der Waals surface area (Å²) in [6.45, 7) is 4.25. The van der Waals surface area contributed by atoms with E-state index >= 15 is 0 Å². The highest BCUT2D eigenvalue weighted by atomic mass is 35.5. The van der Waals surface area contributed by atoms with E-state index in [4.69, 9.17) is 21.3 Å². The Labute approximate surface area is 219 Å². The van der Waals surface area contributed by atoms with E-state index in [1.807, 2.05) is 44.1 Å². The molecule has 1 aliphatic heterocycles. The number of piperidine rings is 1. The monoisotopic (exact) mass is 556 g/mol. The van der Waals surface area contributed by atoms with Gasteiger partial charge in [-0.25, -0.2) is 13.4 Å². The predicted octanol–water partition coefficient (Wildman–Crippen LogP) is 4.41. The highest BCUT2D eigenvalue weighted by Gasteiger charge is 2.35. The normalized spacial score (nSPS) is 15.7. The van der Waals surface area contributed by atoms with Gasteiger partial charge < -0.3 is 9.64 Å². The summed E-state index contributed by atoms with van der Waals surface area (Å²) in [4.78, 5) is 22.3. The number of fused-ring (bicyclic) bond motifs is 1. The average molecular weight is 557 g/mol. The summed E-state index contributed by atoms with van der Waals surface area (Å²) in [6.07, 6.45) is 0.926. The number of thiophene rings is 1. The summed E-state index contributed by atoms with van der Waals surface area (Å²) in [5, 5.41) is 0.641. The SMILES string of the molecule is CCOc1cccc2sc(N(CCN(C)C)C(=O)C3CCN(S(=O)(=O)c4ccc(Cl)s4)CC3)nc12. The van der Waals surface area contributed by atoms with E-state index in [0.29, 0.717) is 60.8 Å². The van der Waals surface area contributed by atoms with Crippen molar-refractivity contribution in [2.45, 2.75) is 24.0 Å². The first kappa shape index (κ1) is 26.3. The minimum atomic E-state index is -3.60. The first-order chi connectivity index (χ1) is 16.7. The maximum Gasteiger partial charge on any atom is 0.252 e. The molecule has 0 radical (unpaired) electrons. The molecule has 1 amide bonds. The van der Waals surface area contributed by atoms with Gasteiger partial charge in [-0.2, -0.15) is 4.31 Å². The summed E-state index contributed by atoms with van der Waals surface area (Å²) in [6, 6.07) is 8.92. The number of rotatable bonds is 9. The van der Waals surface area contributed by atoms with Crippen molar-refractivity contribution in [2.24, 2.45) is 5.92 Å². The van der Waals surface area contributed by atoms with Crippen LogP contribution in [0.5, 0.6) is 5.75 Å². The van der Waals surface area contributed by atoms with E-state index < -0.39 is 10.0 Å². The third-order valence-electron chi connectivity index (χ3n) is 5.88. The third kappa shape index (κ3) is 5.81. The molecule has 0 atom stereocenters. The topological polar surface area (TPSA) is 83.0 Å². The van der Waals surface area contributed by atoms with Crippen LogP contribution in [0.4, 0.5) is 5.13 Å². The Hall–Kier alpha value is -1.76. The Morgan fingerprint density at radius 2 is 1.91 bits per heavy atom. The standard InChI is InChI=1S/C23H29ClN4O4S3/c1-4-32-17-6-5-7-18-21(17)25-23(33-18)28(15-14-26(2)3)22(29)16-10-12-27(13-11-16)35(30,31)20-9-8-19(24)34-20/h5-9,16H,4,10-15H2,1-3H3. The van der Waals surface area contributed by atoms with Crippen LogP contribution >= 0.6 is 34.3 Å². The average Bonchev–Trinajstić information content (AvgIpc) is 3.46. The molecule has 0 N–H and O–H groups in total. The number of carbonyl (C=O) groups excluding carboxylic acids is 1. The molecule has 0 unspecified atom stereocenters. The highest BCUT2D eigenvalue weighted by molar-refractivity contribution is 7.91. The number of ether oxygens (including phenoxy) is 1. The van der Waals surface area contributed by atoms with Crippen LogP contribution in [-0.4, -0.2) is 75.4 Å². The molecule has 1 saturated heterocycles. The lowest BCUT2D eigenvalue weighted by Gasteiger charge is -2.33. The van der Waals surface area contributed by atoms with Gasteiger partial charge in [0.25, 0.3) is 10.0 Å². The van der Waals surface area contributed by atoms with Gasteiger partial charge in [0.15, 0.2) is 5.13 Å². The molecule has 2 aromatic heterocycles. The molecule has 0 aliphatic carbocycles. The molecule has 1 fully saturated rings. The fraction of sp³-hybridized carbons (Fsp3) is 0.478. The fourth-order valence-corrected chi connectivity index (χ4v) is 8.15. The van der Waals surface area contributed by atoms with Crippen LogP contribution < -0.4 is 9.64 Å². The zero-order valence-corrected chi connectivity index (χ0v) is 23.1. The number of para-hydroxylation sites is 1. The molecule has 1 aromatic carbocycles. The minimum absolute atomic E-state index is 0.0138. The number of amides is 1. The third-order valence-corrected chi connectivity index (χ3v) is 10.5. The van der Waals surface area contributed by atoms with Crippen LogP contribution in [0, 0.1) is 5.92 Å². The minimum Gasteiger partial charge on any atom is -0.492 e. The lowest BCUT2D eigenvalue weighted by molar-refractivity contribution is -0.123. The lowest BCUT2D eigenvalue weighted by atomic mass is 9.96. The number of benzene rings is 1. The molecule has 0 bridgehead atoms. The van der Waals surface area contributed by atoms with Crippen molar-refractivity contribution >= 4 is 65.6 Å². The number of halogens is 1. The second-order valence-corrected chi connectivity index (χ2v) is 13.5. The molecule has 0 spiro atoms. The van der Waals surface area contributed by atoms with Crippen molar-refractivity contribution in [3.63, 3.8) is 0 Å². The summed E-state index contributed by atoms with van der Waals surface area (Å²) < 4.78 is 34.7. The van der Waals surface area contributed by atoms with E-state index in [9.17, 15) is 13.2 Å². The van der Waals surface area contributed by atoms with Crippen molar-refractivity contribution in [3.8, 4) is 5.75 Å². The maximum atomic E-state index is 13.7. The number of carbonyl (C=O) groups is 1. The van der Waals surface area contributed by atoms with E-state index in [2.05, 4.69) is 0 Å². The summed E-state index contributed by atoms with van der Waals surface area (Å²) >= 11 is 8.46. The Bertz CT molecular complexity index is 1280. The first-order valence-corrected chi connectivity index (χ1v) is 14.9. The van der Waals surface area contributed by atoms with Gasteiger partial charge in [-0.3, -0.25) is 9.69 Å². The first-order valence-electron chi connectivity index (χ1n) is 11.4. The summed E-state index contributed by atoms with van der Waals surface area (Å²) in [7, 11) is 0.333. The van der Waals surface area contributed by atoms with Crippen molar-refractivity contribution in [1.29, 1.82) is 0 Å².